The zero-order valence-electron chi connectivity index (χ0n) is 14.0. The van der Waals surface area contributed by atoms with Gasteiger partial charge in [-0.3, -0.25) is 14.7 Å². The third-order valence-electron chi connectivity index (χ3n) is 4.66. The van der Waals surface area contributed by atoms with Gasteiger partial charge in [0, 0.05) is 30.9 Å². The predicted molar refractivity (Wildman–Crippen MR) is 92.6 cm³/mol. The minimum absolute atomic E-state index is 0.0156. The topological polar surface area (TPSA) is 78.1 Å². The van der Waals surface area contributed by atoms with Gasteiger partial charge < -0.3 is 10.2 Å². The summed E-state index contributed by atoms with van der Waals surface area (Å²) in [6, 6.07) is 7.63. The molecule has 0 atom stereocenters. The molecule has 1 aliphatic rings. The van der Waals surface area contributed by atoms with E-state index < -0.39 is 0 Å². The highest BCUT2D eigenvalue weighted by Crippen LogP contribution is 2.22. The number of likely N-dealkylation sites (tertiary alicyclic amines) is 1. The van der Waals surface area contributed by atoms with Gasteiger partial charge in [-0.1, -0.05) is 31.5 Å². The Bertz CT molecular complexity index is 717. The van der Waals surface area contributed by atoms with E-state index in [-0.39, 0.29) is 17.7 Å². The van der Waals surface area contributed by atoms with Gasteiger partial charge >= 0.3 is 0 Å². The average Bonchev–Trinajstić information content (AvgIpc) is 3.05. The van der Waals surface area contributed by atoms with Crippen LogP contribution in [0.1, 0.15) is 43.1 Å². The number of nitrogens with zero attached hydrogens (tertiary/aromatic N) is 2. The summed E-state index contributed by atoms with van der Waals surface area (Å²) in [4.78, 5) is 26.6. The second-order valence-electron chi connectivity index (χ2n) is 6.33. The van der Waals surface area contributed by atoms with Crippen LogP contribution in [0.4, 0.5) is 0 Å². The number of hydrogen-bond acceptors (Lipinski definition) is 3. The fourth-order valence-electron chi connectivity index (χ4n) is 3.15. The molecule has 2 heterocycles. The van der Waals surface area contributed by atoms with Crippen molar-refractivity contribution < 1.29 is 9.59 Å². The summed E-state index contributed by atoms with van der Waals surface area (Å²) in [5, 5.41) is 10.9. The van der Waals surface area contributed by atoms with Gasteiger partial charge in [0.05, 0.1) is 5.52 Å². The van der Waals surface area contributed by atoms with Crippen LogP contribution in [0.25, 0.3) is 10.9 Å². The van der Waals surface area contributed by atoms with Crippen LogP contribution in [0.3, 0.4) is 0 Å². The van der Waals surface area contributed by atoms with Gasteiger partial charge in [-0.2, -0.15) is 5.10 Å². The van der Waals surface area contributed by atoms with Crippen LogP contribution in [-0.4, -0.2) is 46.5 Å². The smallest absolute Gasteiger partial charge is 0.274 e. The maximum atomic E-state index is 12.7. The Hall–Kier alpha value is -2.37. The summed E-state index contributed by atoms with van der Waals surface area (Å²) in [5.41, 5.74) is 1.34. The lowest BCUT2D eigenvalue weighted by atomic mass is 9.95. The molecule has 3 rings (SSSR count). The molecular weight excluding hydrogens is 304 g/mol. The number of rotatable bonds is 5. The van der Waals surface area contributed by atoms with Crippen molar-refractivity contribution in [1.29, 1.82) is 0 Å². The Balaban J connectivity index is 1.58. The van der Waals surface area contributed by atoms with Crippen molar-refractivity contribution in [1.82, 2.24) is 20.4 Å². The fraction of sp³-hybridized carbons (Fsp3) is 0.500. The van der Waals surface area contributed by atoms with E-state index in [2.05, 4.69) is 22.4 Å². The highest BCUT2D eigenvalue weighted by molar-refractivity contribution is 6.04. The lowest BCUT2D eigenvalue weighted by Gasteiger charge is -2.31. The quantitative estimate of drug-likeness (QED) is 0.827. The Morgan fingerprint density at radius 3 is 2.79 bits per heavy atom. The lowest BCUT2D eigenvalue weighted by molar-refractivity contribution is -0.126. The molecule has 0 saturated carbocycles. The number of H-pyrrole nitrogens is 1. The average molecular weight is 328 g/mol. The molecule has 1 saturated heterocycles. The summed E-state index contributed by atoms with van der Waals surface area (Å²) in [5.74, 6) is 0.0832. The second kappa shape index (κ2) is 7.47. The fourth-order valence-corrected chi connectivity index (χ4v) is 3.15. The first-order valence-corrected chi connectivity index (χ1v) is 8.70. The first-order valence-electron chi connectivity index (χ1n) is 8.70. The number of nitrogens with one attached hydrogen (secondary N) is 2. The number of benzene rings is 1. The number of amides is 2. The molecule has 2 aromatic rings. The monoisotopic (exact) mass is 328 g/mol. The van der Waals surface area contributed by atoms with E-state index in [4.69, 9.17) is 0 Å². The van der Waals surface area contributed by atoms with Crippen molar-refractivity contribution >= 4 is 22.7 Å². The maximum absolute atomic E-state index is 12.7. The van der Waals surface area contributed by atoms with E-state index in [9.17, 15) is 9.59 Å². The first kappa shape index (κ1) is 16.5. The van der Waals surface area contributed by atoms with Gasteiger partial charge in [-0.25, -0.2) is 0 Å². The molecular formula is C18H24N4O2. The van der Waals surface area contributed by atoms with Crippen molar-refractivity contribution in [3.8, 4) is 0 Å². The predicted octanol–water partition coefficient (Wildman–Crippen LogP) is 2.33. The Morgan fingerprint density at radius 1 is 1.29 bits per heavy atom. The van der Waals surface area contributed by atoms with E-state index in [0.717, 1.165) is 30.3 Å². The van der Waals surface area contributed by atoms with Crippen molar-refractivity contribution in [2.75, 3.05) is 19.6 Å². The highest BCUT2D eigenvalue weighted by atomic mass is 16.2. The molecule has 6 heteroatoms. The van der Waals surface area contributed by atoms with Gasteiger partial charge in [-0.05, 0) is 25.3 Å². The molecule has 0 radical (unpaired) electrons. The molecule has 0 aliphatic carbocycles. The van der Waals surface area contributed by atoms with Crippen LogP contribution in [0, 0.1) is 5.92 Å². The number of piperidine rings is 1. The number of fused-ring (bicyclic) bond motifs is 1. The number of para-hydroxylation sites is 1. The number of carbonyl (C=O) groups is 2. The van der Waals surface area contributed by atoms with Gasteiger partial charge in [0.15, 0.2) is 5.69 Å². The molecule has 2 N–H and O–H groups in total. The van der Waals surface area contributed by atoms with Crippen molar-refractivity contribution in [3.05, 3.63) is 30.0 Å². The zero-order chi connectivity index (χ0) is 16.9. The summed E-state index contributed by atoms with van der Waals surface area (Å²) < 4.78 is 0. The van der Waals surface area contributed by atoms with Crippen LogP contribution in [0.2, 0.25) is 0 Å². The van der Waals surface area contributed by atoms with Crippen LogP contribution in [0.5, 0.6) is 0 Å². The normalized spacial score (nSPS) is 15.6. The van der Waals surface area contributed by atoms with Gasteiger partial charge in [0.25, 0.3) is 5.91 Å². The van der Waals surface area contributed by atoms with E-state index in [1.807, 2.05) is 24.3 Å². The number of aromatic amines is 1. The SMILES string of the molecule is CCCCNC(=O)C1CCN(C(=O)c2n[nH]c3ccccc23)CC1. The Morgan fingerprint density at radius 2 is 2.04 bits per heavy atom. The van der Waals surface area contributed by atoms with E-state index in [1.165, 1.54) is 0 Å². The first-order chi connectivity index (χ1) is 11.7. The van der Waals surface area contributed by atoms with Gasteiger partial charge in [-0.15, -0.1) is 0 Å². The van der Waals surface area contributed by atoms with Gasteiger partial charge in [0.2, 0.25) is 5.91 Å². The lowest BCUT2D eigenvalue weighted by Crippen LogP contribution is -2.43. The van der Waals surface area contributed by atoms with Crippen LogP contribution < -0.4 is 5.32 Å². The third kappa shape index (κ3) is 3.42. The molecule has 1 aliphatic heterocycles. The maximum Gasteiger partial charge on any atom is 0.274 e. The van der Waals surface area contributed by atoms with Gasteiger partial charge in [0.1, 0.15) is 0 Å². The molecule has 0 unspecified atom stereocenters. The molecule has 1 aromatic heterocycles. The second-order valence-corrected chi connectivity index (χ2v) is 6.33. The minimum atomic E-state index is -0.0581. The molecule has 6 nitrogen and oxygen atoms in total. The number of hydrogen-bond donors (Lipinski definition) is 2. The summed E-state index contributed by atoms with van der Waals surface area (Å²) in [6.07, 6.45) is 3.51. The molecule has 128 valence electrons. The molecule has 2 amide bonds. The minimum Gasteiger partial charge on any atom is -0.356 e. The summed E-state index contributed by atoms with van der Waals surface area (Å²) in [7, 11) is 0. The Labute approximate surface area is 141 Å². The van der Waals surface area contributed by atoms with E-state index in [1.54, 1.807) is 4.90 Å². The highest BCUT2D eigenvalue weighted by Gasteiger charge is 2.29. The zero-order valence-corrected chi connectivity index (χ0v) is 14.0. The van der Waals surface area contributed by atoms with E-state index in [0.29, 0.717) is 31.6 Å². The van der Waals surface area contributed by atoms with Crippen molar-refractivity contribution in [2.45, 2.75) is 32.6 Å². The molecule has 1 fully saturated rings. The molecule has 0 spiro atoms. The third-order valence-corrected chi connectivity index (χ3v) is 4.66. The number of unbranched alkanes of at least 4 members (excludes halogenated alkanes) is 1. The van der Waals surface area contributed by atoms with E-state index >= 15 is 0 Å². The van der Waals surface area contributed by atoms with Crippen molar-refractivity contribution in [2.24, 2.45) is 5.92 Å². The van der Waals surface area contributed by atoms with Crippen LogP contribution in [0.15, 0.2) is 24.3 Å². The Kier molecular flexibility index (Phi) is 5.13. The van der Waals surface area contributed by atoms with Crippen LogP contribution >= 0.6 is 0 Å². The summed E-state index contributed by atoms with van der Waals surface area (Å²) in [6.45, 7) is 4.06. The van der Waals surface area contributed by atoms with Crippen molar-refractivity contribution in [3.63, 3.8) is 0 Å². The molecule has 0 bridgehead atoms. The molecule has 1 aromatic carbocycles. The largest absolute Gasteiger partial charge is 0.356 e. The summed E-state index contributed by atoms with van der Waals surface area (Å²) >= 11 is 0. The number of carbonyl (C=O) groups excluding carboxylic acids is 2. The standard InChI is InChI=1S/C18H24N4O2/c1-2-3-10-19-17(23)13-8-11-22(12-9-13)18(24)16-14-6-4-5-7-15(14)20-21-16/h4-7,13H,2-3,8-12H2,1H3,(H,19,23)(H,20,21). The number of aromatic nitrogens is 2. The van der Waals surface area contributed by atoms with Crippen LogP contribution in [-0.2, 0) is 4.79 Å². The molecule has 24 heavy (non-hydrogen) atoms.